The van der Waals surface area contributed by atoms with Crippen molar-refractivity contribution in [3.8, 4) is 17.3 Å². The van der Waals surface area contributed by atoms with E-state index in [0.717, 1.165) is 24.9 Å². The van der Waals surface area contributed by atoms with Crippen LogP contribution in [0.1, 0.15) is 54.3 Å². The SMILES string of the molecule is [2H]c1c(C([2H])(C([2H])([2H])[2H])C([2H])([2H])[2H])c([2H])c(-c2c(C)ccc3c2[se]c2cc(C#N)ccc23)[n+](C)c1C. The maximum absolute atomic E-state index is 9.33. The van der Waals surface area contributed by atoms with E-state index in [2.05, 4.69) is 6.07 Å². The van der Waals surface area contributed by atoms with Crippen LogP contribution in [0.4, 0.5) is 0 Å². The molecule has 0 N–H and O–H groups in total. The van der Waals surface area contributed by atoms with E-state index in [-0.39, 0.29) is 25.9 Å². The summed E-state index contributed by atoms with van der Waals surface area (Å²) in [6.07, 6.45) is 0. The molecule has 4 rings (SSSR count). The first-order chi connectivity index (χ1) is 16.6. The van der Waals surface area contributed by atoms with Gasteiger partial charge in [0.2, 0.25) is 0 Å². The second-order valence-electron chi connectivity index (χ2n) is 6.55. The summed E-state index contributed by atoms with van der Waals surface area (Å²) in [5.41, 5.74) is 1.91. The number of benzene rings is 2. The van der Waals surface area contributed by atoms with Gasteiger partial charge in [-0.15, -0.1) is 0 Å². The summed E-state index contributed by atoms with van der Waals surface area (Å²) in [6.45, 7) is -3.20. The molecule has 0 spiro atoms. The van der Waals surface area contributed by atoms with E-state index < -0.39 is 37.2 Å². The molecule has 2 aromatic carbocycles. The average molecular weight is 427 g/mol. The predicted molar refractivity (Wildman–Crippen MR) is 113 cm³/mol. The zero-order chi connectivity index (χ0) is 27.0. The van der Waals surface area contributed by atoms with E-state index in [0.29, 0.717) is 11.1 Å². The molecular formula is C24H23N2Se+. The van der Waals surface area contributed by atoms with Crippen LogP contribution in [0.25, 0.3) is 30.6 Å². The third-order valence-electron chi connectivity index (χ3n) is 4.85. The Morgan fingerprint density at radius 1 is 1.19 bits per heavy atom. The van der Waals surface area contributed by atoms with Gasteiger partial charge in [-0.1, -0.05) is 0 Å². The molecule has 2 heterocycles. The standard InChI is InChI=1S/C24H23N2Se/c1-14(2)18-10-16(4)26(5)21(12-18)23-15(3)6-8-20-19-9-7-17(13-25)11-22(19)27-24(20)23/h6-12,14H,1-5H3/q+1/i1D3,2D3,10D,12D,14D. The van der Waals surface area contributed by atoms with Crippen molar-refractivity contribution in [2.24, 2.45) is 7.05 Å². The van der Waals surface area contributed by atoms with Gasteiger partial charge in [0, 0.05) is 0 Å². The number of aromatic nitrogens is 1. The van der Waals surface area contributed by atoms with Crippen LogP contribution < -0.4 is 4.57 Å². The molecule has 4 aromatic rings. The molecule has 134 valence electrons. The molecule has 0 fully saturated rings. The molecule has 0 unspecified atom stereocenters. The molecule has 3 heteroatoms. The van der Waals surface area contributed by atoms with Crippen LogP contribution in [0, 0.1) is 25.2 Å². The molecule has 0 aliphatic rings. The predicted octanol–water partition coefficient (Wildman–Crippen LogP) is 5.15. The van der Waals surface area contributed by atoms with Crippen molar-refractivity contribution in [2.45, 2.75) is 33.4 Å². The molecule has 0 saturated heterocycles. The Balaban J connectivity index is 2.21. The monoisotopic (exact) mass is 428 g/mol. The molecule has 0 aliphatic carbocycles. The Labute approximate surface area is 179 Å². The van der Waals surface area contributed by atoms with Gasteiger partial charge in [-0.25, -0.2) is 0 Å². The van der Waals surface area contributed by atoms with Gasteiger partial charge in [0.05, 0.1) is 0 Å². The van der Waals surface area contributed by atoms with Gasteiger partial charge < -0.3 is 0 Å². The summed E-state index contributed by atoms with van der Waals surface area (Å²) < 4.78 is 77.7. The fraction of sp³-hybridized carbons (Fsp3) is 0.250. The Bertz CT molecular complexity index is 1580. The number of nitrogens with zero attached hydrogens (tertiary/aromatic N) is 2. The summed E-state index contributed by atoms with van der Waals surface area (Å²) >= 11 is -0.238. The third-order valence-corrected chi connectivity index (χ3v) is 7.34. The number of rotatable bonds is 2. The molecule has 27 heavy (non-hydrogen) atoms. The van der Waals surface area contributed by atoms with Gasteiger partial charge in [0.25, 0.3) is 0 Å². The van der Waals surface area contributed by atoms with Crippen molar-refractivity contribution < 1.29 is 16.9 Å². The first kappa shape index (κ1) is 10.2. The number of hydrogen-bond donors (Lipinski definition) is 0. The van der Waals surface area contributed by atoms with Gasteiger partial charge in [0.1, 0.15) is 0 Å². The van der Waals surface area contributed by atoms with E-state index in [9.17, 15) is 5.26 Å². The van der Waals surface area contributed by atoms with Crippen LogP contribution in [0.5, 0.6) is 0 Å². The maximum atomic E-state index is 9.33. The zero-order valence-corrected chi connectivity index (χ0v) is 16.9. The molecule has 0 saturated carbocycles. The number of aryl methyl sites for hydroxylation is 1. The van der Waals surface area contributed by atoms with Gasteiger partial charge in [-0.05, 0) is 0 Å². The van der Waals surface area contributed by atoms with Gasteiger partial charge in [0.15, 0.2) is 0 Å². The van der Waals surface area contributed by atoms with Crippen molar-refractivity contribution in [1.29, 1.82) is 5.26 Å². The van der Waals surface area contributed by atoms with E-state index in [1.807, 2.05) is 31.2 Å². The topological polar surface area (TPSA) is 27.7 Å². The average Bonchev–Trinajstić information content (AvgIpc) is 3.15. The van der Waals surface area contributed by atoms with Gasteiger partial charge in [-0.2, -0.15) is 0 Å². The first-order valence-corrected chi connectivity index (χ1v) is 10.1. The van der Waals surface area contributed by atoms with Crippen molar-refractivity contribution in [3.63, 3.8) is 0 Å². The Morgan fingerprint density at radius 3 is 2.70 bits per heavy atom. The Kier molecular flexibility index (Phi) is 2.52. The number of hydrogen-bond acceptors (Lipinski definition) is 1. The summed E-state index contributed by atoms with van der Waals surface area (Å²) in [5.74, 6) is -3.16. The van der Waals surface area contributed by atoms with E-state index >= 15 is 0 Å². The van der Waals surface area contributed by atoms with Crippen molar-refractivity contribution in [3.05, 3.63) is 64.8 Å². The van der Waals surface area contributed by atoms with Gasteiger partial charge in [-0.3, -0.25) is 0 Å². The normalized spacial score (nSPS) is 17.6. The molecule has 0 radical (unpaired) electrons. The molecular weight excluding hydrogens is 395 g/mol. The van der Waals surface area contributed by atoms with Gasteiger partial charge >= 0.3 is 179 Å². The number of nitriles is 1. The molecule has 0 aliphatic heterocycles. The van der Waals surface area contributed by atoms with Crippen LogP contribution >= 0.6 is 0 Å². The number of fused-ring (bicyclic) bond motifs is 3. The molecule has 0 atom stereocenters. The minimum absolute atomic E-state index is 0.238. The molecule has 0 amide bonds. The molecule has 0 bridgehead atoms. The summed E-state index contributed by atoms with van der Waals surface area (Å²) in [6, 6.07) is 10.6. The van der Waals surface area contributed by atoms with Crippen LogP contribution in [-0.4, -0.2) is 14.5 Å². The van der Waals surface area contributed by atoms with Crippen LogP contribution in [0.3, 0.4) is 0 Å². The molecule has 2 nitrogen and oxygen atoms in total. The van der Waals surface area contributed by atoms with Crippen molar-refractivity contribution in [1.82, 2.24) is 0 Å². The quantitative estimate of drug-likeness (QED) is 0.321. The van der Waals surface area contributed by atoms with Crippen molar-refractivity contribution in [2.75, 3.05) is 0 Å². The fourth-order valence-corrected chi connectivity index (χ4v) is 6.14. The summed E-state index contributed by atoms with van der Waals surface area (Å²) in [7, 11) is 1.66. The second kappa shape index (κ2) is 6.64. The summed E-state index contributed by atoms with van der Waals surface area (Å²) in [4.78, 5) is 0. The van der Waals surface area contributed by atoms with E-state index in [1.54, 1.807) is 24.6 Å². The van der Waals surface area contributed by atoms with Crippen LogP contribution in [0.15, 0.2) is 42.4 Å². The fourth-order valence-electron chi connectivity index (χ4n) is 3.32. The molecule has 2 aromatic heterocycles. The number of pyridine rings is 1. The zero-order valence-electron chi connectivity index (χ0n) is 24.2. The Hall–Kier alpha value is -2.40. The van der Waals surface area contributed by atoms with Crippen molar-refractivity contribution >= 4 is 33.8 Å². The minimum atomic E-state index is -3.31. The summed E-state index contributed by atoms with van der Waals surface area (Å²) in [5, 5.41) is 11.2. The third kappa shape index (κ3) is 2.90. The Morgan fingerprint density at radius 2 is 1.96 bits per heavy atom. The first-order valence-electron chi connectivity index (χ1n) is 12.9. The van der Waals surface area contributed by atoms with E-state index in [4.69, 9.17) is 12.3 Å². The van der Waals surface area contributed by atoms with E-state index in [1.165, 1.54) is 0 Å². The van der Waals surface area contributed by atoms with Crippen LogP contribution in [-0.2, 0) is 7.05 Å². The second-order valence-corrected chi connectivity index (χ2v) is 8.76. The van der Waals surface area contributed by atoms with Crippen LogP contribution in [0.2, 0.25) is 0 Å².